The normalized spacial score (nSPS) is 19.9. The number of hydrogen-bond acceptors (Lipinski definition) is 8. The first kappa shape index (κ1) is 18.0. The first-order chi connectivity index (χ1) is 12.5. The molecule has 0 aliphatic heterocycles. The number of nitrogens with two attached hydrogens (primary N) is 2. The first-order valence-corrected chi connectivity index (χ1v) is 8.72. The Balaban J connectivity index is 1.78. The lowest BCUT2D eigenvalue weighted by Crippen LogP contribution is -2.27. The molecule has 5 N–H and O–H groups in total. The maximum absolute atomic E-state index is 11.4. The molecule has 0 unspecified atom stereocenters. The molecule has 26 heavy (non-hydrogen) atoms. The summed E-state index contributed by atoms with van der Waals surface area (Å²) >= 11 is 0. The van der Waals surface area contributed by atoms with E-state index in [1.165, 1.54) is 0 Å². The molecular formula is C17H23N7O2. The number of nitro groups is 1. The molecule has 0 amide bonds. The number of nitrogens with one attached hydrogen (secondary N) is 1. The van der Waals surface area contributed by atoms with Crippen LogP contribution in [0.4, 0.5) is 17.5 Å². The van der Waals surface area contributed by atoms with Crippen LogP contribution in [-0.2, 0) is 13.0 Å². The fourth-order valence-corrected chi connectivity index (χ4v) is 3.29. The van der Waals surface area contributed by atoms with Gasteiger partial charge in [0.15, 0.2) is 0 Å². The Kier molecular flexibility index (Phi) is 5.57. The molecular weight excluding hydrogens is 334 g/mol. The molecule has 0 radical (unpaired) electrons. The minimum Gasteiger partial charge on any atom is -0.378 e. The van der Waals surface area contributed by atoms with Gasteiger partial charge in [0.2, 0.25) is 11.8 Å². The van der Waals surface area contributed by atoms with E-state index in [-0.39, 0.29) is 17.5 Å². The number of rotatable bonds is 6. The van der Waals surface area contributed by atoms with Crippen molar-refractivity contribution in [2.45, 2.75) is 44.7 Å². The molecule has 9 heteroatoms. The number of nitrogen functional groups attached to an aromatic ring is 1. The van der Waals surface area contributed by atoms with E-state index < -0.39 is 4.92 Å². The third kappa shape index (κ3) is 4.42. The zero-order valence-electron chi connectivity index (χ0n) is 14.5. The van der Waals surface area contributed by atoms with Crippen LogP contribution in [0.15, 0.2) is 24.5 Å². The minimum absolute atomic E-state index is 0.107. The number of anilines is 2. The lowest BCUT2D eigenvalue weighted by Gasteiger charge is -2.25. The van der Waals surface area contributed by atoms with Gasteiger partial charge in [0.25, 0.3) is 0 Å². The van der Waals surface area contributed by atoms with Gasteiger partial charge in [-0.3, -0.25) is 15.1 Å². The molecule has 0 saturated heterocycles. The number of pyridine rings is 1. The van der Waals surface area contributed by atoms with Gasteiger partial charge in [-0.1, -0.05) is 0 Å². The second-order valence-corrected chi connectivity index (χ2v) is 6.68. The summed E-state index contributed by atoms with van der Waals surface area (Å²) in [7, 11) is 0. The Morgan fingerprint density at radius 3 is 2.54 bits per heavy atom. The lowest BCUT2D eigenvalue weighted by molar-refractivity contribution is -0.385. The van der Waals surface area contributed by atoms with Crippen LogP contribution in [0.5, 0.6) is 0 Å². The van der Waals surface area contributed by atoms with Crippen molar-refractivity contribution in [3.63, 3.8) is 0 Å². The predicted molar refractivity (Wildman–Crippen MR) is 98.3 cm³/mol. The van der Waals surface area contributed by atoms with E-state index in [0.29, 0.717) is 30.5 Å². The zero-order valence-corrected chi connectivity index (χ0v) is 14.5. The first-order valence-electron chi connectivity index (χ1n) is 8.72. The summed E-state index contributed by atoms with van der Waals surface area (Å²) in [6, 6.07) is 3.97. The number of aromatic nitrogens is 3. The Morgan fingerprint density at radius 1 is 1.19 bits per heavy atom. The van der Waals surface area contributed by atoms with Crippen LogP contribution >= 0.6 is 0 Å². The minimum atomic E-state index is -0.494. The number of hydrogen-bond donors (Lipinski definition) is 3. The second kappa shape index (κ2) is 8.05. The third-order valence-corrected chi connectivity index (χ3v) is 4.74. The van der Waals surface area contributed by atoms with Crippen LogP contribution in [0.25, 0.3) is 0 Å². The maximum Gasteiger partial charge on any atom is 0.332 e. The smallest absolute Gasteiger partial charge is 0.332 e. The van der Waals surface area contributed by atoms with Gasteiger partial charge in [0.05, 0.1) is 4.92 Å². The molecule has 1 fully saturated rings. The van der Waals surface area contributed by atoms with Crippen LogP contribution in [0.3, 0.4) is 0 Å². The molecule has 2 aromatic heterocycles. The van der Waals surface area contributed by atoms with Crippen LogP contribution in [-0.4, -0.2) is 25.9 Å². The summed E-state index contributed by atoms with van der Waals surface area (Å²) in [5, 5.41) is 14.5. The highest BCUT2D eigenvalue weighted by molar-refractivity contribution is 5.58. The van der Waals surface area contributed by atoms with Crippen molar-refractivity contribution in [3.8, 4) is 0 Å². The fraction of sp³-hybridized carbons (Fsp3) is 0.471. The fourth-order valence-electron chi connectivity index (χ4n) is 3.29. The van der Waals surface area contributed by atoms with Gasteiger partial charge in [-0.25, -0.2) is 4.98 Å². The Morgan fingerprint density at radius 2 is 1.88 bits per heavy atom. The van der Waals surface area contributed by atoms with E-state index in [1.54, 1.807) is 12.4 Å². The van der Waals surface area contributed by atoms with Gasteiger partial charge < -0.3 is 16.8 Å². The van der Waals surface area contributed by atoms with Crippen molar-refractivity contribution in [2.75, 3.05) is 11.1 Å². The Labute approximate surface area is 151 Å². The standard InChI is InChI=1S/C17H23N7O2/c18-13-3-1-11(2-4-13)9-14-15(24(25)26)16(19)23-17(22-14)21-10-12-5-7-20-8-6-12/h5-8,11,13H,1-4,9-10,18H2,(H3,19,21,22,23)/t11-,13-. The van der Waals surface area contributed by atoms with Gasteiger partial charge >= 0.3 is 5.69 Å². The van der Waals surface area contributed by atoms with E-state index in [4.69, 9.17) is 11.5 Å². The molecule has 1 saturated carbocycles. The Bertz CT molecular complexity index is 761. The molecule has 0 atom stereocenters. The molecule has 1 aliphatic rings. The molecule has 9 nitrogen and oxygen atoms in total. The Hall–Kier alpha value is -2.81. The van der Waals surface area contributed by atoms with Crippen molar-refractivity contribution in [1.29, 1.82) is 0 Å². The van der Waals surface area contributed by atoms with Crippen LogP contribution in [0, 0.1) is 16.0 Å². The second-order valence-electron chi connectivity index (χ2n) is 6.68. The summed E-state index contributed by atoms with van der Waals surface area (Å²) in [4.78, 5) is 23.3. The van der Waals surface area contributed by atoms with Gasteiger partial charge in [-0.15, -0.1) is 0 Å². The van der Waals surface area contributed by atoms with Crippen molar-refractivity contribution in [3.05, 3.63) is 45.9 Å². The van der Waals surface area contributed by atoms with Crippen LogP contribution in [0.2, 0.25) is 0 Å². The van der Waals surface area contributed by atoms with Gasteiger partial charge in [0.1, 0.15) is 5.69 Å². The molecule has 0 aromatic carbocycles. The topological polar surface area (TPSA) is 146 Å². The van der Waals surface area contributed by atoms with Crippen molar-refractivity contribution in [1.82, 2.24) is 15.0 Å². The molecule has 0 spiro atoms. The highest BCUT2D eigenvalue weighted by Crippen LogP contribution is 2.31. The quantitative estimate of drug-likeness (QED) is 0.526. The van der Waals surface area contributed by atoms with E-state index >= 15 is 0 Å². The van der Waals surface area contributed by atoms with E-state index in [0.717, 1.165) is 31.2 Å². The van der Waals surface area contributed by atoms with Crippen molar-refractivity contribution < 1.29 is 4.92 Å². The third-order valence-electron chi connectivity index (χ3n) is 4.74. The van der Waals surface area contributed by atoms with Crippen LogP contribution < -0.4 is 16.8 Å². The van der Waals surface area contributed by atoms with Gasteiger partial charge in [-0.2, -0.15) is 4.98 Å². The highest BCUT2D eigenvalue weighted by Gasteiger charge is 2.27. The van der Waals surface area contributed by atoms with E-state index in [9.17, 15) is 10.1 Å². The SMILES string of the molecule is Nc1nc(NCc2ccncc2)nc(C[C@H]2CC[C@H](N)CC2)c1[N+](=O)[O-]. The van der Waals surface area contributed by atoms with Crippen molar-refractivity contribution in [2.24, 2.45) is 11.7 Å². The molecule has 1 aliphatic carbocycles. The summed E-state index contributed by atoms with van der Waals surface area (Å²) in [5.41, 5.74) is 13.0. The largest absolute Gasteiger partial charge is 0.378 e. The molecule has 2 heterocycles. The van der Waals surface area contributed by atoms with Gasteiger partial charge in [0, 0.05) is 25.0 Å². The molecule has 3 rings (SSSR count). The summed E-state index contributed by atoms with van der Waals surface area (Å²) in [5.74, 6) is 0.521. The molecule has 2 aromatic rings. The van der Waals surface area contributed by atoms with Crippen molar-refractivity contribution >= 4 is 17.5 Å². The zero-order chi connectivity index (χ0) is 18.5. The molecule has 138 valence electrons. The summed E-state index contributed by atoms with van der Waals surface area (Å²) < 4.78 is 0. The average molecular weight is 357 g/mol. The van der Waals surface area contributed by atoms with E-state index in [1.807, 2.05) is 12.1 Å². The summed E-state index contributed by atoms with van der Waals surface area (Å²) in [6.07, 6.45) is 7.67. The maximum atomic E-state index is 11.4. The molecule has 0 bridgehead atoms. The monoisotopic (exact) mass is 357 g/mol. The van der Waals surface area contributed by atoms with Gasteiger partial charge in [-0.05, 0) is 55.7 Å². The highest BCUT2D eigenvalue weighted by atomic mass is 16.6. The average Bonchev–Trinajstić information content (AvgIpc) is 2.62. The van der Waals surface area contributed by atoms with E-state index in [2.05, 4.69) is 20.3 Å². The summed E-state index contributed by atoms with van der Waals surface area (Å²) in [6.45, 7) is 0.484. The van der Waals surface area contributed by atoms with Crippen LogP contribution in [0.1, 0.15) is 36.9 Å². The lowest BCUT2D eigenvalue weighted by atomic mass is 9.83. The predicted octanol–water partition coefficient (Wildman–Crippen LogP) is 2.03. The number of nitrogens with zero attached hydrogens (tertiary/aromatic N) is 4.